The molecule has 0 amide bonds. The minimum atomic E-state index is -2.08. The first-order chi connectivity index (χ1) is 32.3. The van der Waals surface area contributed by atoms with Gasteiger partial charge in [-0.25, -0.2) is 0 Å². The third-order valence-electron chi connectivity index (χ3n) is 15.4. The number of carbonyl (C=O) groups is 4. The van der Waals surface area contributed by atoms with Crippen LogP contribution in [0.25, 0.3) is 0 Å². The molecule has 386 valence electrons. The van der Waals surface area contributed by atoms with Crippen LogP contribution in [-0.2, 0) is 47.6 Å². The minimum Gasteiger partial charge on any atom is -0.460 e. The Hall–Kier alpha value is -2.92. The van der Waals surface area contributed by atoms with E-state index in [2.05, 4.69) is 0 Å². The molecule has 4 aliphatic rings. The van der Waals surface area contributed by atoms with Gasteiger partial charge in [0.1, 0.15) is 30.1 Å². The zero-order valence-electron chi connectivity index (χ0n) is 43.1. The number of methoxy groups -OCH3 is 3. The van der Waals surface area contributed by atoms with Crippen LogP contribution < -0.4 is 0 Å². The number of cyclic esters (lactones) is 1. The van der Waals surface area contributed by atoms with Crippen molar-refractivity contribution in [3.63, 3.8) is 0 Å². The number of hydrogen-bond donors (Lipinski definition) is 3. The fraction of sp³-hybridized carbons (Fsp3) is 0.778. The van der Waals surface area contributed by atoms with Crippen LogP contribution in [0.4, 0.5) is 0 Å². The molecule has 3 heterocycles. The number of Topliss-reactive ketones (excluding diaryl/α,β-unsaturated/α-hetero) is 3. The van der Waals surface area contributed by atoms with Crippen LogP contribution in [-0.4, -0.2) is 145 Å². The van der Waals surface area contributed by atoms with Crippen molar-refractivity contribution in [3.8, 4) is 0 Å². The van der Waals surface area contributed by atoms with Crippen molar-refractivity contribution in [3.05, 3.63) is 47.6 Å². The number of rotatable bonds is 9. The maximum atomic E-state index is 14.6. The van der Waals surface area contributed by atoms with E-state index >= 15 is 0 Å². The number of nitrogens with zero attached hydrogens (tertiary/aromatic N) is 1. The molecule has 16 atom stereocenters. The Balaban J connectivity index is 1.69. The Kier molecular flexibility index (Phi) is 23.4. The van der Waals surface area contributed by atoms with E-state index in [0.717, 1.165) is 31.3 Å². The Bertz CT molecular complexity index is 1760. The van der Waals surface area contributed by atoms with Crippen molar-refractivity contribution >= 4 is 23.3 Å². The zero-order valence-corrected chi connectivity index (χ0v) is 43.1. The van der Waals surface area contributed by atoms with Crippen molar-refractivity contribution in [2.75, 3.05) is 41.1 Å². The molecule has 0 aromatic heterocycles. The van der Waals surface area contributed by atoms with Crippen LogP contribution in [0.2, 0.25) is 0 Å². The molecule has 0 aromatic carbocycles. The highest BCUT2D eigenvalue weighted by Gasteiger charge is 2.52. The first-order valence-electron chi connectivity index (χ1n) is 25.5. The van der Waals surface area contributed by atoms with Crippen molar-refractivity contribution in [2.45, 2.75) is 193 Å². The van der Waals surface area contributed by atoms with Crippen LogP contribution >= 0.6 is 0 Å². The predicted octanol–water partition coefficient (Wildman–Crippen LogP) is 7.06. The molecule has 4 rings (SSSR count). The lowest BCUT2D eigenvalue weighted by molar-refractivity contribution is -0.269. The molecule has 68 heavy (non-hydrogen) atoms. The molecule has 0 radical (unpaired) electrons. The van der Waals surface area contributed by atoms with E-state index in [1.807, 2.05) is 69.9 Å². The Labute approximate surface area is 407 Å². The number of ketones is 3. The van der Waals surface area contributed by atoms with Gasteiger partial charge in [-0.05, 0) is 114 Å². The molecule has 3 N–H and O–H groups in total. The van der Waals surface area contributed by atoms with Crippen LogP contribution in [0.15, 0.2) is 47.6 Å². The van der Waals surface area contributed by atoms with Crippen molar-refractivity contribution in [1.82, 2.24) is 4.90 Å². The minimum absolute atomic E-state index is 0.0397. The summed E-state index contributed by atoms with van der Waals surface area (Å²) in [6, 6.07) is -1.68. The molecule has 3 fully saturated rings. The standard InChI is InChI=1S/C54H87NO13/c1-33-17-13-12-14-18-34(2)46(63-9)31-42-22-20-39(7)54(62,68-42)52(60)40(8)55-24-16-15-19-43(55)53(61)67-47(36(4)29-41-21-23-45(66-26-25-56)48(30-41)64-10)32-44(57)35(3)28-38(6)50(59)51(65-11)49(58)37(5)27-33/h12-14,17-18,28,33,35-37,39-43,45-48,50-51,56,59,62H,15-16,19-27,29-32H2,1-11H3/b14-12?,17-13+,34-18?,38-28+/t33-,35-,36+,37-,39-,40?,41+,42+,43+,45-,46+,47?,48-,50-,51+,54-/m1/s1. The fourth-order valence-electron chi connectivity index (χ4n) is 10.9. The highest BCUT2D eigenvalue weighted by molar-refractivity contribution is 5.91. The van der Waals surface area contributed by atoms with E-state index in [4.69, 9.17) is 28.4 Å². The molecule has 0 spiro atoms. The molecule has 2 unspecified atom stereocenters. The average Bonchev–Trinajstić information content (AvgIpc) is 3.32. The quantitative estimate of drug-likeness (QED) is 0.158. The zero-order chi connectivity index (χ0) is 50.3. The van der Waals surface area contributed by atoms with Crippen molar-refractivity contribution in [1.29, 1.82) is 0 Å². The summed E-state index contributed by atoms with van der Waals surface area (Å²) in [4.78, 5) is 59.0. The largest absolute Gasteiger partial charge is 0.460 e. The average molecular weight is 958 g/mol. The number of piperidine rings is 1. The summed E-state index contributed by atoms with van der Waals surface area (Å²) in [6.45, 7) is 15.4. The molecule has 0 aromatic rings. The Morgan fingerprint density at radius 3 is 2.26 bits per heavy atom. The molecule has 14 heteroatoms. The van der Waals surface area contributed by atoms with Crippen molar-refractivity contribution < 1.29 is 62.9 Å². The van der Waals surface area contributed by atoms with E-state index in [-0.39, 0.29) is 67.3 Å². The van der Waals surface area contributed by atoms with Crippen LogP contribution in [0.1, 0.15) is 132 Å². The number of carbonyl (C=O) groups excluding carboxylic acids is 4. The number of aliphatic hydroxyl groups excluding tert-OH is 2. The summed E-state index contributed by atoms with van der Waals surface area (Å²) in [5, 5.41) is 33.1. The van der Waals surface area contributed by atoms with Crippen molar-refractivity contribution in [2.24, 2.45) is 35.5 Å². The summed E-state index contributed by atoms with van der Waals surface area (Å²) in [6.07, 6.45) is 14.0. The van der Waals surface area contributed by atoms with Gasteiger partial charge in [0.15, 0.2) is 5.78 Å². The monoisotopic (exact) mass is 958 g/mol. The SMILES string of the molecule is CO[C@H]1C[C@@H]2CC[C@@H](C)[C@@](O)(O2)C(=O)C(C)N2CCCC[C@H]2C(=O)OC([C@@H](C)C[C@@H]2CC[C@@H](OCCO)[C@H](OC)C2)CC(=O)[C@H](C)/C=C(\C)[C@@H](O)[C@@H](OC)C(=O)[C@H](C)C[C@H](C)/C=C/C=CC=C1C. The van der Waals surface area contributed by atoms with Gasteiger partial charge < -0.3 is 43.7 Å². The lowest BCUT2D eigenvalue weighted by Crippen LogP contribution is -2.61. The van der Waals surface area contributed by atoms with Gasteiger partial charge in [-0.1, -0.05) is 77.5 Å². The van der Waals surface area contributed by atoms with Gasteiger partial charge in [0.05, 0.1) is 43.7 Å². The maximum Gasteiger partial charge on any atom is 0.323 e. The van der Waals surface area contributed by atoms with E-state index in [1.54, 1.807) is 41.1 Å². The topological polar surface area (TPSA) is 188 Å². The molecule has 1 saturated carbocycles. The Morgan fingerprint density at radius 2 is 1.59 bits per heavy atom. The van der Waals surface area contributed by atoms with Crippen LogP contribution in [0.3, 0.4) is 0 Å². The van der Waals surface area contributed by atoms with Gasteiger partial charge in [0, 0.05) is 51.9 Å². The number of hydrogen-bond acceptors (Lipinski definition) is 14. The molecular weight excluding hydrogens is 871 g/mol. The summed E-state index contributed by atoms with van der Waals surface area (Å²) in [5.41, 5.74) is 1.37. The molecule has 14 nitrogen and oxygen atoms in total. The molecule has 2 saturated heterocycles. The lowest BCUT2D eigenvalue weighted by Gasteiger charge is -2.45. The smallest absolute Gasteiger partial charge is 0.323 e. The summed E-state index contributed by atoms with van der Waals surface area (Å²) in [5.74, 6) is -5.17. The van der Waals surface area contributed by atoms with Gasteiger partial charge in [0.25, 0.3) is 0 Å². The molecule has 2 bridgehead atoms. The van der Waals surface area contributed by atoms with Gasteiger partial charge in [-0.15, -0.1) is 0 Å². The van der Waals surface area contributed by atoms with E-state index in [0.29, 0.717) is 57.1 Å². The number of esters is 1. The normalized spacial score (nSPS) is 39.3. The second-order valence-electron chi connectivity index (χ2n) is 20.6. The molecule has 1 aliphatic carbocycles. The fourth-order valence-corrected chi connectivity index (χ4v) is 10.9. The second-order valence-corrected chi connectivity index (χ2v) is 20.6. The summed E-state index contributed by atoms with van der Waals surface area (Å²) >= 11 is 0. The molecule has 3 aliphatic heterocycles. The third kappa shape index (κ3) is 15.5. The van der Waals surface area contributed by atoms with Gasteiger partial charge in [0.2, 0.25) is 11.6 Å². The number of allylic oxidation sites excluding steroid dienone is 6. The molecular formula is C54H87NO13. The van der Waals surface area contributed by atoms with Crippen LogP contribution in [0.5, 0.6) is 0 Å². The van der Waals surface area contributed by atoms with Gasteiger partial charge in [-0.2, -0.15) is 0 Å². The Morgan fingerprint density at radius 1 is 0.853 bits per heavy atom. The second kappa shape index (κ2) is 27.6. The first-order valence-corrected chi connectivity index (χ1v) is 25.5. The maximum absolute atomic E-state index is 14.6. The first kappa shape index (κ1) is 57.7. The lowest BCUT2D eigenvalue weighted by atomic mass is 9.78. The number of aliphatic hydroxyl groups is 3. The van der Waals surface area contributed by atoms with E-state index in [9.17, 15) is 34.5 Å². The van der Waals surface area contributed by atoms with Gasteiger partial charge >= 0.3 is 5.97 Å². The van der Waals surface area contributed by atoms with Crippen LogP contribution in [0, 0.1) is 35.5 Å². The number of ether oxygens (including phenoxy) is 6. The number of fused-ring (bicyclic) bond motifs is 3. The summed E-state index contributed by atoms with van der Waals surface area (Å²) < 4.78 is 36.1. The van der Waals surface area contributed by atoms with E-state index in [1.165, 1.54) is 7.11 Å². The van der Waals surface area contributed by atoms with Gasteiger partial charge in [-0.3, -0.25) is 24.1 Å². The predicted molar refractivity (Wildman–Crippen MR) is 260 cm³/mol. The highest BCUT2D eigenvalue weighted by atomic mass is 16.6. The third-order valence-corrected chi connectivity index (χ3v) is 15.4. The summed E-state index contributed by atoms with van der Waals surface area (Å²) in [7, 11) is 4.69. The van der Waals surface area contributed by atoms with E-state index < -0.39 is 71.8 Å². The highest BCUT2D eigenvalue weighted by Crippen LogP contribution is 2.39.